The van der Waals surface area contributed by atoms with Gasteiger partial charge in [-0.2, -0.15) is 0 Å². The molecule has 4 aliphatic rings. The minimum absolute atomic E-state index is 0.0363. The molecule has 0 radical (unpaired) electrons. The summed E-state index contributed by atoms with van der Waals surface area (Å²) >= 11 is 0. The Morgan fingerprint density at radius 1 is 1.21 bits per heavy atom. The van der Waals surface area contributed by atoms with E-state index in [1.165, 1.54) is 0 Å². The number of carbonyl (C=O) groups excluding carboxylic acids is 2. The molecular weight excluding hydrogens is 428 g/mol. The number of carboxylic acid groups (broad SMARTS) is 1. The Balaban J connectivity index is 1.61. The summed E-state index contributed by atoms with van der Waals surface area (Å²) < 4.78 is 0. The monoisotopic (exact) mass is 470 g/mol. The van der Waals surface area contributed by atoms with Gasteiger partial charge in [0, 0.05) is 29.7 Å². The topological polar surface area (TPSA) is 91.7 Å². The van der Waals surface area contributed by atoms with E-state index < -0.39 is 18.0 Å². The largest absolute Gasteiger partial charge is 0.481 e. The van der Waals surface area contributed by atoms with Crippen LogP contribution in [0.1, 0.15) is 86.0 Å². The van der Waals surface area contributed by atoms with Crippen LogP contribution in [0, 0.1) is 46.3 Å². The summed E-state index contributed by atoms with van der Waals surface area (Å²) in [6.07, 6.45) is 5.24. The SMILES string of the molecule is C=C(CCC(C)[C@H]1CC[C@H]2C3=C(C(=O)C[C@]12C)[C@@]1(C)CCC(=O)[C@@H](C)[C@@H]1C[C@@H]3O)C(C)C(=O)O. The van der Waals surface area contributed by atoms with E-state index >= 15 is 0 Å². The fourth-order valence-electron chi connectivity index (χ4n) is 8.50. The van der Waals surface area contributed by atoms with E-state index in [1.807, 2.05) is 6.92 Å². The Hall–Kier alpha value is -1.75. The molecule has 0 aromatic carbocycles. The number of ketones is 2. The van der Waals surface area contributed by atoms with Crippen LogP contribution < -0.4 is 0 Å². The second-order valence-electron chi connectivity index (χ2n) is 12.4. The summed E-state index contributed by atoms with van der Waals surface area (Å²) in [4.78, 5) is 37.6. The summed E-state index contributed by atoms with van der Waals surface area (Å²) in [5.74, 6) is -0.0967. The van der Waals surface area contributed by atoms with E-state index in [2.05, 4.69) is 27.4 Å². The minimum Gasteiger partial charge on any atom is -0.481 e. The van der Waals surface area contributed by atoms with Crippen LogP contribution in [0.3, 0.4) is 0 Å². The van der Waals surface area contributed by atoms with Gasteiger partial charge in [0.05, 0.1) is 12.0 Å². The van der Waals surface area contributed by atoms with E-state index in [-0.39, 0.29) is 40.2 Å². The number of fused-ring (bicyclic) bond motifs is 4. The molecule has 4 aliphatic carbocycles. The molecule has 0 bridgehead atoms. The van der Waals surface area contributed by atoms with Crippen molar-refractivity contribution < 1.29 is 24.6 Å². The highest BCUT2D eigenvalue weighted by Gasteiger charge is 2.61. The normalized spacial score (nSPS) is 41.4. The van der Waals surface area contributed by atoms with Crippen LogP contribution in [0.25, 0.3) is 0 Å². The lowest BCUT2D eigenvalue weighted by Crippen LogP contribution is -2.54. The first kappa shape index (κ1) is 25.3. The van der Waals surface area contributed by atoms with Crippen LogP contribution in [-0.2, 0) is 14.4 Å². The first-order valence-corrected chi connectivity index (χ1v) is 13.2. The van der Waals surface area contributed by atoms with Gasteiger partial charge in [-0.15, -0.1) is 0 Å². The molecule has 2 unspecified atom stereocenters. The van der Waals surface area contributed by atoms with Crippen molar-refractivity contribution in [1.29, 1.82) is 0 Å². The Morgan fingerprint density at radius 2 is 1.88 bits per heavy atom. The van der Waals surface area contributed by atoms with Crippen molar-refractivity contribution in [3.05, 3.63) is 23.3 Å². The first-order chi connectivity index (χ1) is 15.8. The first-order valence-electron chi connectivity index (χ1n) is 13.2. The molecule has 2 N–H and O–H groups in total. The van der Waals surface area contributed by atoms with Crippen LogP contribution in [0.15, 0.2) is 23.3 Å². The lowest BCUT2D eigenvalue weighted by atomic mass is 9.48. The molecule has 0 aliphatic heterocycles. The number of rotatable bonds is 6. The number of hydrogen-bond donors (Lipinski definition) is 2. The fourth-order valence-corrected chi connectivity index (χ4v) is 8.50. The van der Waals surface area contributed by atoms with Gasteiger partial charge in [-0.05, 0) is 80.1 Å². The maximum atomic E-state index is 13.8. The van der Waals surface area contributed by atoms with Gasteiger partial charge in [0.25, 0.3) is 0 Å². The number of carbonyl (C=O) groups is 3. The molecule has 2 fully saturated rings. The van der Waals surface area contributed by atoms with Gasteiger partial charge in [0.15, 0.2) is 5.78 Å². The Bertz CT molecular complexity index is 946. The zero-order valence-corrected chi connectivity index (χ0v) is 21.5. The maximum absolute atomic E-state index is 13.8. The lowest BCUT2D eigenvalue weighted by Gasteiger charge is -2.55. The molecule has 0 amide bonds. The number of aliphatic carboxylic acids is 1. The molecule has 2 saturated carbocycles. The van der Waals surface area contributed by atoms with Crippen LogP contribution in [0.5, 0.6) is 0 Å². The quantitative estimate of drug-likeness (QED) is 0.509. The molecule has 0 heterocycles. The van der Waals surface area contributed by atoms with E-state index in [9.17, 15) is 24.6 Å². The number of hydrogen-bond acceptors (Lipinski definition) is 4. The fraction of sp³-hybridized carbons (Fsp3) is 0.759. The van der Waals surface area contributed by atoms with E-state index in [0.29, 0.717) is 43.9 Å². The summed E-state index contributed by atoms with van der Waals surface area (Å²) in [6.45, 7) is 14.3. The van der Waals surface area contributed by atoms with Crippen LogP contribution in [0.2, 0.25) is 0 Å². The van der Waals surface area contributed by atoms with Gasteiger partial charge in [0.2, 0.25) is 0 Å². The van der Waals surface area contributed by atoms with Crippen molar-refractivity contribution in [2.75, 3.05) is 0 Å². The summed E-state index contributed by atoms with van der Waals surface area (Å²) in [5.41, 5.74) is 2.13. The number of allylic oxidation sites excluding steroid dienone is 1. The van der Waals surface area contributed by atoms with E-state index in [4.69, 9.17) is 0 Å². The molecule has 0 saturated heterocycles. The minimum atomic E-state index is -0.834. The van der Waals surface area contributed by atoms with Crippen molar-refractivity contribution in [3.63, 3.8) is 0 Å². The van der Waals surface area contributed by atoms with Crippen LogP contribution >= 0.6 is 0 Å². The predicted octanol–water partition coefficient (Wildman–Crippen LogP) is 5.37. The highest BCUT2D eigenvalue weighted by molar-refractivity contribution is 6.00. The third-order valence-electron chi connectivity index (χ3n) is 10.7. The van der Waals surface area contributed by atoms with Crippen molar-refractivity contribution in [2.24, 2.45) is 46.3 Å². The number of Topliss-reactive ketones (excluding diaryl/α,β-unsaturated/α-hetero) is 2. The molecule has 5 nitrogen and oxygen atoms in total. The summed E-state index contributed by atoms with van der Waals surface area (Å²) in [7, 11) is 0. The van der Waals surface area contributed by atoms with Crippen molar-refractivity contribution in [1.82, 2.24) is 0 Å². The zero-order chi connectivity index (χ0) is 25.2. The maximum Gasteiger partial charge on any atom is 0.310 e. The van der Waals surface area contributed by atoms with Crippen LogP contribution in [-0.4, -0.2) is 33.9 Å². The third kappa shape index (κ3) is 3.73. The Morgan fingerprint density at radius 3 is 2.53 bits per heavy atom. The second kappa shape index (κ2) is 8.72. The van der Waals surface area contributed by atoms with E-state index in [1.54, 1.807) is 6.92 Å². The average molecular weight is 471 g/mol. The average Bonchev–Trinajstić information content (AvgIpc) is 3.11. The van der Waals surface area contributed by atoms with Gasteiger partial charge < -0.3 is 10.2 Å². The van der Waals surface area contributed by atoms with Gasteiger partial charge in [-0.1, -0.05) is 39.8 Å². The summed E-state index contributed by atoms with van der Waals surface area (Å²) in [5, 5.41) is 20.6. The Kier molecular flexibility index (Phi) is 6.50. The molecule has 0 spiro atoms. The van der Waals surface area contributed by atoms with E-state index in [0.717, 1.165) is 36.0 Å². The van der Waals surface area contributed by atoms with Gasteiger partial charge in [0.1, 0.15) is 5.78 Å². The highest BCUT2D eigenvalue weighted by Crippen LogP contribution is 2.65. The molecule has 0 aromatic rings. The standard InChI is InChI=1S/C29H42O5/c1-15(17(3)27(33)34)7-8-16(2)19-9-10-20-25-23(31)13-21-18(4)22(30)11-12-28(21,5)26(25)24(32)14-29(19,20)6/h16-21,23,31H,1,7-14H2,2-6H3,(H,33,34)/t16?,17?,18-,19+,20-,21-,23-,28-,29+/m0/s1. The molecule has 34 heavy (non-hydrogen) atoms. The van der Waals surface area contributed by atoms with Gasteiger partial charge in [-0.3, -0.25) is 14.4 Å². The number of aliphatic hydroxyl groups is 1. The number of carboxylic acids is 1. The molecule has 5 heteroatoms. The second-order valence-corrected chi connectivity index (χ2v) is 12.4. The molecule has 9 atom stereocenters. The number of aliphatic hydroxyl groups excluding tert-OH is 1. The van der Waals surface area contributed by atoms with Crippen molar-refractivity contribution in [2.45, 2.75) is 92.1 Å². The third-order valence-corrected chi connectivity index (χ3v) is 10.7. The van der Waals surface area contributed by atoms with Crippen LogP contribution in [0.4, 0.5) is 0 Å². The molecule has 188 valence electrons. The molecule has 4 rings (SSSR count). The van der Waals surface area contributed by atoms with Crippen molar-refractivity contribution >= 4 is 17.5 Å². The van der Waals surface area contributed by atoms with Crippen molar-refractivity contribution in [3.8, 4) is 0 Å². The van der Waals surface area contributed by atoms with Gasteiger partial charge in [-0.25, -0.2) is 0 Å². The highest BCUT2D eigenvalue weighted by atomic mass is 16.4. The predicted molar refractivity (Wildman–Crippen MR) is 131 cm³/mol. The molecule has 0 aromatic heterocycles. The smallest absolute Gasteiger partial charge is 0.310 e. The summed E-state index contributed by atoms with van der Waals surface area (Å²) in [6, 6.07) is 0. The molecular formula is C29H42O5. The lowest BCUT2D eigenvalue weighted by molar-refractivity contribution is -0.140. The van der Waals surface area contributed by atoms with Gasteiger partial charge >= 0.3 is 5.97 Å². The zero-order valence-electron chi connectivity index (χ0n) is 21.5. The Labute approximate surface area is 204 Å².